The first-order chi connectivity index (χ1) is 30.2. The molecule has 0 amide bonds. The van der Waals surface area contributed by atoms with E-state index in [0.29, 0.717) is 19.3 Å². The topological polar surface area (TPSA) is 233 Å². The number of carbonyl (C=O) groups excluding carboxylic acids is 3. The lowest BCUT2D eigenvalue weighted by molar-refractivity contribution is -0.364. The highest BCUT2D eigenvalue weighted by molar-refractivity contribution is 5.72. The van der Waals surface area contributed by atoms with Crippen LogP contribution in [0.2, 0.25) is 0 Å². The monoisotopic (exact) mass is 915 g/mol. The van der Waals surface area contributed by atoms with Crippen molar-refractivity contribution in [2.24, 2.45) is 17.6 Å². The Morgan fingerprint density at radius 1 is 1.00 bits per heavy atom. The molecule has 64 heavy (non-hydrogen) atoms. The lowest BCUT2D eigenvalue weighted by atomic mass is 9.82. The molecule has 3 saturated heterocycles. The minimum absolute atomic E-state index is 0.00716. The van der Waals surface area contributed by atoms with E-state index in [1.54, 1.807) is 34.6 Å². The summed E-state index contributed by atoms with van der Waals surface area (Å²) < 4.78 is 61.4. The van der Waals surface area contributed by atoms with Crippen LogP contribution in [0.5, 0.6) is 0 Å². The molecule has 368 valence electrons. The summed E-state index contributed by atoms with van der Waals surface area (Å²) in [7, 11) is 5.44. The number of aldehydes is 1. The van der Waals surface area contributed by atoms with Crippen molar-refractivity contribution in [2.75, 3.05) is 21.2 Å². The van der Waals surface area contributed by atoms with E-state index >= 15 is 0 Å². The van der Waals surface area contributed by atoms with Crippen LogP contribution < -0.4 is 5.73 Å². The molecule has 19 atom stereocenters. The number of rotatable bonds is 14. The lowest BCUT2D eigenvalue weighted by Crippen LogP contribution is -2.65. The van der Waals surface area contributed by atoms with Gasteiger partial charge in [0, 0.05) is 38.8 Å². The van der Waals surface area contributed by atoms with Crippen molar-refractivity contribution in [1.29, 1.82) is 0 Å². The van der Waals surface area contributed by atoms with Crippen molar-refractivity contribution in [3.05, 3.63) is 24.3 Å². The van der Waals surface area contributed by atoms with E-state index in [1.807, 2.05) is 52.2 Å². The number of hydrogen-bond donors (Lipinski definition) is 4. The quantitative estimate of drug-likeness (QED) is 0.145. The highest BCUT2D eigenvalue weighted by Crippen LogP contribution is 2.37. The molecular formula is C46H78N2O16. The smallest absolute Gasteiger partial charge is 0.309 e. The predicted octanol–water partition coefficient (Wildman–Crippen LogP) is 3.05. The van der Waals surface area contributed by atoms with Crippen molar-refractivity contribution in [1.82, 2.24) is 4.90 Å². The maximum absolute atomic E-state index is 13.5. The van der Waals surface area contributed by atoms with E-state index < -0.39 is 116 Å². The number of nitrogens with two attached hydrogens (primary N) is 1. The molecule has 4 rings (SSSR count). The number of likely N-dealkylation sites (N-methyl/N-ethyl adjacent to an activating group) is 1. The SMILES string of the molecule is CCC(=O)O[C@@H]1CC(=O)O[C@H](C)C/C=C/C=C/[C@@H](O[C@@H]2CC[C@@H](N(C)C)[C@H](C)O2)[C@H](C)C[C@H](CC=O)[C@H](O[C@H]2O[C@@H](C)[C@H](O[C@H]3C[C@@](C)(O)[C@@H](OC(C)C)[C@H](O)O3)[C@@H](N)[C@@H]2O)[C@H]1OC. The molecule has 0 spiro atoms. The minimum atomic E-state index is -1.55. The summed E-state index contributed by atoms with van der Waals surface area (Å²) in [4.78, 5) is 41.2. The average molecular weight is 915 g/mol. The van der Waals surface area contributed by atoms with Crippen LogP contribution in [0.1, 0.15) is 107 Å². The molecule has 18 heteroatoms. The van der Waals surface area contributed by atoms with Crippen molar-refractivity contribution in [3.8, 4) is 0 Å². The van der Waals surface area contributed by atoms with Gasteiger partial charge >= 0.3 is 11.9 Å². The van der Waals surface area contributed by atoms with Crippen LogP contribution in [0.25, 0.3) is 0 Å². The Labute approximate surface area is 379 Å². The fraction of sp³-hybridized carbons (Fsp3) is 0.848. The normalized spacial score (nSPS) is 43.0. The number of methoxy groups -OCH3 is 1. The molecule has 0 saturated carbocycles. The fourth-order valence-corrected chi connectivity index (χ4v) is 9.13. The summed E-state index contributed by atoms with van der Waals surface area (Å²) in [5.41, 5.74) is 5.14. The molecule has 0 aromatic rings. The second-order valence-electron chi connectivity index (χ2n) is 18.6. The summed E-state index contributed by atoms with van der Waals surface area (Å²) in [6.07, 6.45) is -4.12. The summed E-state index contributed by atoms with van der Waals surface area (Å²) in [5.74, 6) is -2.23. The Morgan fingerprint density at radius 2 is 1.72 bits per heavy atom. The number of carbonyl (C=O) groups is 3. The highest BCUT2D eigenvalue weighted by atomic mass is 16.8. The van der Waals surface area contributed by atoms with E-state index in [9.17, 15) is 29.7 Å². The third kappa shape index (κ3) is 15.0. The Morgan fingerprint density at radius 3 is 2.33 bits per heavy atom. The molecule has 0 unspecified atom stereocenters. The molecule has 4 aliphatic heterocycles. The second-order valence-corrected chi connectivity index (χ2v) is 18.6. The Hall–Kier alpha value is -2.43. The molecule has 5 N–H and O–H groups in total. The number of ether oxygens (including phenoxy) is 10. The first-order valence-electron chi connectivity index (χ1n) is 23.0. The van der Waals surface area contributed by atoms with Crippen LogP contribution in [0.4, 0.5) is 0 Å². The molecule has 4 aliphatic rings. The van der Waals surface area contributed by atoms with Gasteiger partial charge in [0.25, 0.3) is 0 Å². The van der Waals surface area contributed by atoms with Gasteiger partial charge in [-0.25, -0.2) is 0 Å². The van der Waals surface area contributed by atoms with Gasteiger partial charge in [0.1, 0.15) is 42.9 Å². The van der Waals surface area contributed by atoms with Crippen LogP contribution in [0.15, 0.2) is 24.3 Å². The van der Waals surface area contributed by atoms with Crippen LogP contribution >= 0.6 is 0 Å². The highest BCUT2D eigenvalue weighted by Gasteiger charge is 2.52. The van der Waals surface area contributed by atoms with Gasteiger partial charge < -0.3 is 78.1 Å². The van der Waals surface area contributed by atoms with Gasteiger partial charge in [-0.15, -0.1) is 0 Å². The molecule has 18 nitrogen and oxygen atoms in total. The third-order valence-electron chi connectivity index (χ3n) is 12.6. The van der Waals surface area contributed by atoms with Crippen LogP contribution in [-0.2, 0) is 61.8 Å². The number of nitrogens with zero attached hydrogens (tertiary/aromatic N) is 1. The van der Waals surface area contributed by atoms with Crippen LogP contribution in [0.3, 0.4) is 0 Å². The fourth-order valence-electron chi connectivity index (χ4n) is 9.13. The number of aliphatic hydroxyl groups excluding tert-OH is 2. The minimum Gasteiger partial charge on any atom is -0.462 e. The van der Waals surface area contributed by atoms with E-state index in [1.165, 1.54) is 14.0 Å². The zero-order valence-electron chi connectivity index (χ0n) is 39.7. The molecule has 0 aliphatic carbocycles. The number of cyclic esters (lactones) is 1. The lowest BCUT2D eigenvalue weighted by Gasteiger charge is -2.48. The molecule has 0 bridgehead atoms. The molecule has 0 radical (unpaired) electrons. The molecule has 0 aromatic heterocycles. The van der Waals surface area contributed by atoms with Gasteiger partial charge in [0.15, 0.2) is 25.2 Å². The van der Waals surface area contributed by atoms with Crippen molar-refractivity contribution < 1.29 is 77.1 Å². The van der Waals surface area contributed by atoms with Gasteiger partial charge in [-0.05, 0) is 86.7 Å². The summed E-state index contributed by atoms with van der Waals surface area (Å²) in [5, 5.41) is 33.8. The van der Waals surface area contributed by atoms with Crippen molar-refractivity contribution >= 4 is 18.2 Å². The number of allylic oxidation sites excluding steroid dienone is 2. The predicted molar refractivity (Wildman–Crippen MR) is 232 cm³/mol. The first-order valence-corrected chi connectivity index (χ1v) is 23.0. The van der Waals surface area contributed by atoms with Gasteiger partial charge in [0.05, 0.1) is 48.6 Å². The van der Waals surface area contributed by atoms with E-state index in [-0.39, 0.29) is 43.4 Å². The molecular weight excluding hydrogens is 837 g/mol. The zero-order chi connectivity index (χ0) is 47.5. The van der Waals surface area contributed by atoms with Gasteiger partial charge in [-0.1, -0.05) is 38.2 Å². The summed E-state index contributed by atoms with van der Waals surface area (Å²) in [6, 6.07) is -0.928. The molecule has 4 heterocycles. The Bertz CT molecular complexity index is 1510. The Balaban J connectivity index is 1.68. The van der Waals surface area contributed by atoms with E-state index in [0.717, 1.165) is 12.7 Å². The zero-order valence-corrected chi connectivity index (χ0v) is 39.7. The number of esters is 2. The first kappa shape index (κ1) is 54.2. The van der Waals surface area contributed by atoms with Gasteiger partial charge in [-0.2, -0.15) is 0 Å². The average Bonchev–Trinajstić information content (AvgIpc) is 3.20. The maximum atomic E-state index is 13.5. The van der Waals surface area contributed by atoms with Gasteiger partial charge in [0.2, 0.25) is 0 Å². The standard InChI is InChI=1S/C46H78N2O16/c1-12-34(50)60-33-23-35(51)57-27(5)16-14-13-15-17-32(61-36-19-18-31(48(9)10)28(6)58-36)26(4)22-30(20-21-49)41(42(33)55-11)64-45-39(52)38(47)40(29(7)59-45)62-37-24-46(8,54)43(44(53)63-37)56-25(2)3/h13-15,17,21,25-33,36-45,52-54H,12,16,18-20,22-24,47H2,1-11H3/b14-13+,17-15+/t26-,27-,28+,29+,30+,31-,32-,33-,36-,37-,38+,39+,40+,41+,42+,43+,44-,45-,46-/m1/s1. The van der Waals surface area contributed by atoms with Crippen molar-refractivity contribution in [2.45, 2.75) is 217 Å². The molecule has 3 fully saturated rings. The largest absolute Gasteiger partial charge is 0.462 e. The van der Waals surface area contributed by atoms with Gasteiger partial charge in [-0.3, -0.25) is 9.59 Å². The third-order valence-corrected chi connectivity index (χ3v) is 12.6. The van der Waals surface area contributed by atoms with Crippen LogP contribution in [0, 0.1) is 11.8 Å². The Kier molecular flexibility index (Phi) is 21.2. The van der Waals surface area contributed by atoms with E-state index in [4.69, 9.17) is 53.1 Å². The summed E-state index contributed by atoms with van der Waals surface area (Å²) in [6.45, 7) is 14.1. The van der Waals surface area contributed by atoms with E-state index in [2.05, 4.69) is 4.90 Å². The van der Waals surface area contributed by atoms with Crippen molar-refractivity contribution in [3.63, 3.8) is 0 Å². The summed E-state index contributed by atoms with van der Waals surface area (Å²) >= 11 is 0. The second kappa shape index (κ2) is 25.1. The maximum Gasteiger partial charge on any atom is 0.309 e. The number of hydrogen-bond acceptors (Lipinski definition) is 18. The van der Waals surface area contributed by atoms with Crippen LogP contribution in [-0.4, -0.2) is 170 Å². The molecule has 0 aromatic carbocycles. The number of aliphatic hydroxyl groups is 3.